The molecule has 2 amide bonds. The van der Waals surface area contributed by atoms with Crippen molar-refractivity contribution in [2.45, 2.75) is 19.8 Å². The third-order valence-corrected chi connectivity index (χ3v) is 4.49. The first-order chi connectivity index (χ1) is 13.0. The molecule has 0 atom stereocenters. The van der Waals surface area contributed by atoms with Crippen molar-refractivity contribution >= 4 is 23.2 Å². The topological polar surface area (TPSA) is 105 Å². The lowest BCUT2D eigenvalue weighted by atomic mass is 10.1. The predicted molar refractivity (Wildman–Crippen MR) is 101 cm³/mol. The molecule has 27 heavy (non-hydrogen) atoms. The second kappa shape index (κ2) is 7.86. The predicted octanol–water partition coefficient (Wildman–Crippen LogP) is 2.58. The van der Waals surface area contributed by atoms with Crippen molar-refractivity contribution in [2.24, 2.45) is 0 Å². The normalized spacial score (nSPS) is 13.3. The van der Waals surface area contributed by atoms with Crippen LogP contribution < -0.4 is 15.8 Å². The number of non-ortho nitro benzene ring substituents is 1. The summed E-state index contributed by atoms with van der Waals surface area (Å²) in [5.41, 5.74) is 6.74. The Morgan fingerprint density at radius 3 is 2.26 bits per heavy atom. The van der Waals surface area contributed by atoms with E-state index in [0.29, 0.717) is 11.3 Å². The number of nitrogens with zero attached hydrogens (tertiary/aromatic N) is 2. The molecule has 1 saturated heterocycles. The third-order valence-electron chi connectivity index (χ3n) is 4.49. The Morgan fingerprint density at radius 2 is 1.63 bits per heavy atom. The van der Waals surface area contributed by atoms with Crippen molar-refractivity contribution < 1.29 is 14.5 Å². The van der Waals surface area contributed by atoms with Gasteiger partial charge in [0, 0.05) is 30.8 Å². The molecular formula is C19H20N4O4. The fourth-order valence-corrected chi connectivity index (χ4v) is 3.01. The number of hydrogen-bond acceptors (Lipinski definition) is 5. The second-order valence-electron chi connectivity index (χ2n) is 6.43. The highest BCUT2D eigenvalue weighted by Gasteiger charge is 2.23. The number of hydrazine groups is 1. The second-order valence-corrected chi connectivity index (χ2v) is 6.43. The molecule has 0 aliphatic carbocycles. The molecule has 0 unspecified atom stereocenters. The van der Waals surface area contributed by atoms with E-state index in [0.717, 1.165) is 31.5 Å². The molecular weight excluding hydrogens is 348 g/mol. The monoisotopic (exact) mass is 368 g/mol. The van der Waals surface area contributed by atoms with Gasteiger partial charge in [0.2, 0.25) is 0 Å². The minimum absolute atomic E-state index is 0.162. The summed E-state index contributed by atoms with van der Waals surface area (Å²) in [5.74, 6) is -1.06. The van der Waals surface area contributed by atoms with Gasteiger partial charge in [-0.2, -0.15) is 0 Å². The number of hydrogen-bond donors (Lipinski definition) is 2. The number of amides is 2. The zero-order valence-corrected chi connectivity index (χ0v) is 14.9. The number of carbonyl (C=O) groups excluding carboxylic acids is 2. The quantitative estimate of drug-likeness (QED) is 0.637. The van der Waals surface area contributed by atoms with Crippen LogP contribution in [0.4, 0.5) is 11.4 Å². The minimum atomic E-state index is -0.596. The maximum Gasteiger partial charge on any atom is 0.272 e. The van der Waals surface area contributed by atoms with Gasteiger partial charge in [-0.25, -0.2) is 0 Å². The number of anilines is 1. The highest BCUT2D eigenvalue weighted by molar-refractivity contribution is 6.02. The summed E-state index contributed by atoms with van der Waals surface area (Å²) in [7, 11) is 0. The van der Waals surface area contributed by atoms with Gasteiger partial charge >= 0.3 is 0 Å². The van der Waals surface area contributed by atoms with E-state index in [9.17, 15) is 19.7 Å². The Labute approximate surface area is 156 Å². The van der Waals surface area contributed by atoms with Crippen LogP contribution in [-0.2, 0) is 0 Å². The molecule has 0 saturated carbocycles. The van der Waals surface area contributed by atoms with Gasteiger partial charge in [0.05, 0.1) is 16.2 Å². The van der Waals surface area contributed by atoms with Crippen LogP contribution >= 0.6 is 0 Å². The number of rotatable bonds is 4. The van der Waals surface area contributed by atoms with E-state index < -0.39 is 16.7 Å². The molecule has 0 spiro atoms. The summed E-state index contributed by atoms with van der Waals surface area (Å²) >= 11 is 0. The SMILES string of the molecule is Cc1ccc(C(=O)NNC(=O)c2cc([N+](=O)[O-])ccc2N2CCCC2)cc1. The smallest absolute Gasteiger partial charge is 0.272 e. The van der Waals surface area contributed by atoms with E-state index in [2.05, 4.69) is 10.9 Å². The fraction of sp³-hybridized carbons (Fsp3) is 0.263. The van der Waals surface area contributed by atoms with Gasteiger partial charge in [0.1, 0.15) is 0 Å². The van der Waals surface area contributed by atoms with Crippen LogP contribution in [0.15, 0.2) is 42.5 Å². The van der Waals surface area contributed by atoms with Crippen LogP contribution in [0, 0.1) is 17.0 Å². The Hall–Kier alpha value is -3.42. The number of nitro benzene ring substituents is 1. The molecule has 0 radical (unpaired) electrons. The summed E-state index contributed by atoms with van der Waals surface area (Å²) < 4.78 is 0. The van der Waals surface area contributed by atoms with Gasteiger partial charge in [-0.15, -0.1) is 0 Å². The van der Waals surface area contributed by atoms with Crippen LogP contribution in [-0.4, -0.2) is 29.8 Å². The molecule has 8 nitrogen and oxygen atoms in total. The van der Waals surface area contributed by atoms with Gasteiger partial charge in [-0.1, -0.05) is 17.7 Å². The number of aryl methyl sites for hydroxylation is 1. The maximum absolute atomic E-state index is 12.6. The van der Waals surface area contributed by atoms with Gasteiger partial charge in [-0.3, -0.25) is 30.6 Å². The van der Waals surface area contributed by atoms with Crippen molar-refractivity contribution in [3.8, 4) is 0 Å². The molecule has 2 aromatic rings. The summed E-state index contributed by atoms with van der Waals surface area (Å²) in [4.78, 5) is 37.3. The average molecular weight is 368 g/mol. The highest BCUT2D eigenvalue weighted by Crippen LogP contribution is 2.28. The Morgan fingerprint density at radius 1 is 1.00 bits per heavy atom. The first-order valence-electron chi connectivity index (χ1n) is 8.66. The lowest BCUT2D eigenvalue weighted by molar-refractivity contribution is -0.384. The van der Waals surface area contributed by atoms with Crippen molar-refractivity contribution in [1.29, 1.82) is 0 Å². The van der Waals surface area contributed by atoms with Crippen molar-refractivity contribution in [3.05, 3.63) is 69.3 Å². The van der Waals surface area contributed by atoms with E-state index in [1.807, 2.05) is 11.8 Å². The number of benzene rings is 2. The highest BCUT2D eigenvalue weighted by atomic mass is 16.6. The number of nitro groups is 1. The number of nitrogens with one attached hydrogen (secondary N) is 2. The van der Waals surface area contributed by atoms with Gasteiger partial charge in [-0.05, 0) is 38.0 Å². The molecule has 8 heteroatoms. The molecule has 0 bridgehead atoms. The van der Waals surface area contributed by atoms with Crippen LogP contribution in [0.3, 0.4) is 0 Å². The molecule has 0 aromatic heterocycles. The van der Waals surface area contributed by atoms with Crippen LogP contribution in [0.1, 0.15) is 39.1 Å². The summed E-state index contributed by atoms with van der Waals surface area (Å²) in [6.07, 6.45) is 2.00. The first-order valence-corrected chi connectivity index (χ1v) is 8.66. The van der Waals surface area contributed by atoms with E-state index in [1.54, 1.807) is 30.3 Å². The fourth-order valence-electron chi connectivity index (χ4n) is 3.01. The molecule has 1 aliphatic heterocycles. The van der Waals surface area contributed by atoms with Gasteiger partial charge < -0.3 is 4.90 Å². The van der Waals surface area contributed by atoms with E-state index in [-0.39, 0.29) is 11.3 Å². The molecule has 140 valence electrons. The van der Waals surface area contributed by atoms with Crippen LogP contribution in [0.25, 0.3) is 0 Å². The molecule has 1 aliphatic rings. The zero-order valence-electron chi connectivity index (χ0n) is 14.9. The zero-order chi connectivity index (χ0) is 19.4. The molecule has 1 heterocycles. The van der Waals surface area contributed by atoms with E-state index in [1.165, 1.54) is 12.1 Å². The lowest BCUT2D eigenvalue weighted by Gasteiger charge is -2.21. The average Bonchev–Trinajstić information content (AvgIpc) is 3.20. The van der Waals surface area contributed by atoms with Crippen molar-refractivity contribution in [3.63, 3.8) is 0 Å². The molecule has 3 rings (SSSR count). The summed E-state index contributed by atoms with van der Waals surface area (Å²) in [6.45, 7) is 3.48. The molecule has 1 fully saturated rings. The van der Waals surface area contributed by atoms with Gasteiger partial charge in [0.15, 0.2) is 0 Å². The molecule has 2 N–H and O–H groups in total. The van der Waals surface area contributed by atoms with Crippen LogP contribution in [0.5, 0.6) is 0 Å². The maximum atomic E-state index is 12.6. The van der Waals surface area contributed by atoms with Crippen LogP contribution in [0.2, 0.25) is 0 Å². The van der Waals surface area contributed by atoms with E-state index in [4.69, 9.17) is 0 Å². The first kappa shape index (κ1) is 18.4. The van der Waals surface area contributed by atoms with Crippen molar-refractivity contribution in [2.75, 3.05) is 18.0 Å². The summed E-state index contributed by atoms with van der Waals surface area (Å²) in [6, 6.07) is 11.1. The lowest BCUT2D eigenvalue weighted by Crippen LogP contribution is -2.42. The molecule has 2 aromatic carbocycles. The Bertz CT molecular complexity index is 874. The van der Waals surface area contributed by atoms with Gasteiger partial charge in [0.25, 0.3) is 17.5 Å². The summed E-state index contributed by atoms with van der Waals surface area (Å²) in [5, 5.41) is 11.1. The largest absolute Gasteiger partial charge is 0.371 e. The van der Waals surface area contributed by atoms with E-state index >= 15 is 0 Å². The Kier molecular flexibility index (Phi) is 5.35. The number of carbonyl (C=O) groups is 2. The third kappa shape index (κ3) is 4.22. The van der Waals surface area contributed by atoms with Crippen molar-refractivity contribution in [1.82, 2.24) is 10.9 Å². The minimum Gasteiger partial charge on any atom is -0.371 e. The Balaban J connectivity index is 1.77. The standard InChI is InChI=1S/C19H20N4O4/c1-13-4-6-14(7-5-13)18(24)20-21-19(25)16-12-15(23(26)27)8-9-17(16)22-10-2-3-11-22/h4-9,12H,2-3,10-11H2,1H3,(H,20,24)(H,21,25).